The molecule has 29 heavy (non-hydrogen) atoms. The van der Waals surface area contributed by atoms with Gasteiger partial charge >= 0.3 is 5.97 Å². The van der Waals surface area contributed by atoms with Crippen LogP contribution in [0.4, 0.5) is 5.69 Å². The van der Waals surface area contributed by atoms with Crippen LogP contribution < -0.4 is 5.56 Å². The maximum absolute atomic E-state index is 12.6. The first-order chi connectivity index (χ1) is 13.8. The van der Waals surface area contributed by atoms with Crippen molar-refractivity contribution in [2.24, 2.45) is 5.92 Å². The minimum atomic E-state index is -0.650. The van der Waals surface area contributed by atoms with E-state index in [0.29, 0.717) is 16.1 Å². The zero-order chi connectivity index (χ0) is 21.1. The number of thiophene rings is 1. The van der Waals surface area contributed by atoms with E-state index in [1.165, 1.54) is 35.6 Å². The summed E-state index contributed by atoms with van der Waals surface area (Å²) in [6, 6.07) is 5.11. The average molecular weight is 415 g/mol. The van der Waals surface area contributed by atoms with E-state index in [0.717, 1.165) is 23.3 Å². The van der Waals surface area contributed by atoms with E-state index in [2.05, 4.69) is 23.8 Å². The SMILES string of the molecule is CC[C@H](C)Cc1c(C)sc2nc(COC(=O)c3ccc([N+](=O)[O-])cc3)[nH]c(=O)c12. The van der Waals surface area contributed by atoms with Gasteiger partial charge in [0.25, 0.3) is 11.2 Å². The molecule has 1 atom stereocenters. The molecule has 0 saturated heterocycles. The van der Waals surface area contributed by atoms with E-state index in [9.17, 15) is 19.7 Å². The quantitative estimate of drug-likeness (QED) is 0.352. The van der Waals surface area contributed by atoms with E-state index in [-0.39, 0.29) is 29.2 Å². The zero-order valence-electron chi connectivity index (χ0n) is 16.4. The summed E-state index contributed by atoms with van der Waals surface area (Å²) in [6.07, 6.45) is 1.85. The molecule has 9 heteroatoms. The van der Waals surface area contributed by atoms with Crippen LogP contribution in [0.5, 0.6) is 0 Å². The summed E-state index contributed by atoms with van der Waals surface area (Å²) in [5, 5.41) is 11.3. The number of esters is 1. The number of nitro groups is 1. The Kier molecular flexibility index (Phi) is 6.07. The summed E-state index contributed by atoms with van der Waals surface area (Å²) in [5.74, 6) is 0.0739. The van der Waals surface area contributed by atoms with Crippen LogP contribution in [0.3, 0.4) is 0 Å². The molecule has 0 spiro atoms. The number of rotatable bonds is 7. The zero-order valence-corrected chi connectivity index (χ0v) is 17.2. The number of hydrogen-bond donors (Lipinski definition) is 1. The molecular formula is C20H21N3O5S. The number of ether oxygens (including phenoxy) is 1. The number of hydrogen-bond acceptors (Lipinski definition) is 7. The molecule has 3 aromatic rings. The van der Waals surface area contributed by atoms with Crippen LogP contribution >= 0.6 is 11.3 Å². The van der Waals surface area contributed by atoms with Crippen LogP contribution in [0.1, 0.15) is 46.9 Å². The average Bonchev–Trinajstić information content (AvgIpc) is 3.01. The van der Waals surface area contributed by atoms with Crippen molar-refractivity contribution in [1.82, 2.24) is 9.97 Å². The number of H-pyrrole nitrogens is 1. The molecule has 1 aromatic carbocycles. The minimum Gasteiger partial charge on any atom is -0.454 e. The summed E-state index contributed by atoms with van der Waals surface area (Å²) < 4.78 is 5.20. The third kappa shape index (κ3) is 4.51. The van der Waals surface area contributed by atoms with Gasteiger partial charge in [0, 0.05) is 17.0 Å². The van der Waals surface area contributed by atoms with Crippen LogP contribution in [0.15, 0.2) is 29.1 Å². The van der Waals surface area contributed by atoms with E-state index in [1.54, 1.807) is 0 Å². The van der Waals surface area contributed by atoms with Gasteiger partial charge in [-0.2, -0.15) is 0 Å². The molecule has 1 N–H and O–H groups in total. The Bertz CT molecular complexity index is 1120. The summed E-state index contributed by atoms with van der Waals surface area (Å²) in [5.41, 5.74) is 0.864. The molecule has 2 aromatic heterocycles. The molecule has 0 radical (unpaired) electrons. The lowest BCUT2D eigenvalue weighted by Crippen LogP contribution is -2.15. The first kappa shape index (κ1) is 20.7. The summed E-state index contributed by atoms with van der Waals surface area (Å²) in [7, 11) is 0. The van der Waals surface area contributed by atoms with Gasteiger partial charge in [0.15, 0.2) is 0 Å². The Labute approximate surface area is 170 Å². The predicted molar refractivity (Wildman–Crippen MR) is 110 cm³/mol. The Morgan fingerprint density at radius 1 is 1.34 bits per heavy atom. The van der Waals surface area contributed by atoms with Crippen molar-refractivity contribution in [3.05, 3.63) is 66.6 Å². The number of benzene rings is 1. The summed E-state index contributed by atoms with van der Waals surface area (Å²) in [4.78, 5) is 43.8. The van der Waals surface area contributed by atoms with Crippen molar-refractivity contribution < 1.29 is 14.5 Å². The van der Waals surface area contributed by atoms with Gasteiger partial charge in [0.2, 0.25) is 0 Å². The van der Waals surface area contributed by atoms with Crippen LogP contribution in [-0.2, 0) is 17.8 Å². The molecule has 0 amide bonds. The van der Waals surface area contributed by atoms with Crippen molar-refractivity contribution in [3.8, 4) is 0 Å². The van der Waals surface area contributed by atoms with E-state index >= 15 is 0 Å². The molecule has 3 rings (SSSR count). The fraction of sp³-hybridized carbons (Fsp3) is 0.350. The van der Waals surface area contributed by atoms with Gasteiger partial charge in [-0.05, 0) is 37.0 Å². The summed E-state index contributed by atoms with van der Waals surface area (Å²) >= 11 is 1.46. The van der Waals surface area contributed by atoms with E-state index in [1.807, 2.05) is 6.92 Å². The van der Waals surface area contributed by atoms with E-state index < -0.39 is 10.9 Å². The normalized spacial score (nSPS) is 12.1. The van der Waals surface area contributed by atoms with Crippen LogP contribution in [0.2, 0.25) is 0 Å². The van der Waals surface area contributed by atoms with E-state index in [4.69, 9.17) is 4.74 Å². The van der Waals surface area contributed by atoms with Gasteiger partial charge in [-0.1, -0.05) is 20.3 Å². The summed E-state index contributed by atoms with van der Waals surface area (Å²) in [6.45, 7) is 6.06. The van der Waals surface area contributed by atoms with Crippen molar-refractivity contribution in [3.63, 3.8) is 0 Å². The molecule has 0 aliphatic rings. The molecular weight excluding hydrogens is 394 g/mol. The first-order valence-corrected chi connectivity index (χ1v) is 10.0. The molecule has 0 unspecified atom stereocenters. The fourth-order valence-electron chi connectivity index (χ4n) is 2.96. The Morgan fingerprint density at radius 3 is 2.66 bits per heavy atom. The largest absolute Gasteiger partial charge is 0.454 e. The molecule has 0 saturated carbocycles. The molecule has 0 bridgehead atoms. The molecule has 2 heterocycles. The number of nitro benzene ring substituents is 1. The highest BCUT2D eigenvalue weighted by Crippen LogP contribution is 2.29. The lowest BCUT2D eigenvalue weighted by molar-refractivity contribution is -0.384. The fourth-order valence-corrected chi connectivity index (χ4v) is 4.04. The van der Waals surface area contributed by atoms with Crippen LogP contribution in [0.25, 0.3) is 10.2 Å². The number of nitrogens with zero attached hydrogens (tertiary/aromatic N) is 2. The Morgan fingerprint density at radius 2 is 2.03 bits per heavy atom. The van der Waals surface area contributed by atoms with Crippen molar-refractivity contribution in [1.29, 1.82) is 0 Å². The number of nitrogens with one attached hydrogen (secondary N) is 1. The second-order valence-corrected chi connectivity index (χ2v) is 8.13. The number of carbonyl (C=O) groups excluding carboxylic acids is 1. The van der Waals surface area contributed by atoms with Gasteiger partial charge in [-0.15, -0.1) is 11.3 Å². The third-order valence-electron chi connectivity index (χ3n) is 4.82. The maximum Gasteiger partial charge on any atom is 0.338 e. The Hall–Kier alpha value is -3.07. The van der Waals surface area contributed by atoms with Crippen LogP contribution in [-0.4, -0.2) is 20.9 Å². The molecule has 0 aliphatic carbocycles. The van der Waals surface area contributed by atoms with Crippen molar-refractivity contribution in [2.75, 3.05) is 0 Å². The first-order valence-electron chi connectivity index (χ1n) is 9.22. The second-order valence-electron chi connectivity index (χ2n) is 6.93. The number of aromatic amines is 1. The third-order valence-corrected chi connectivity index (χ3v) is 5.86. The lowest BCUT2D eigenvalue weighted by Gasteiger charge is -2.08. The predicted octanol–water partition coefficient (Wildman–Crippen LogP) is 4.15. The maximum atomic E-state index is 12.6. The van der Waals surface area contributed by atoms with Crippen molar-refractivity contribution in [2.45, 2.75) is 40.2 Å². The highest BCUT2D eigenvalue weighted by atomic mass is 32.1. The molecule has 152 valence electrons. The highest BCUT2D eigenvalue weighted by molar-refractivity contribution is 7.18. The highest BCUT2D eigenvalue weighted by Gasteiger charge is 2.17. The van der Waals surface area contributed by atoms with Gasteiger partial charge in [-0.25, -0.2) is 9.78 Å². The minimum absolute atomic E-state index is 0.112. The topological polar surface area (TPSA) is 115 Å². The number of non-ortho nitro benzene ring substituents is 1. The van der Waals surface area contributed by atoms with Gasteiger partial charge in [-0.3, -0.25) is 14.9 Å². The molecule has 0 aliphatic heterocycles. The van der Waals surface area contributed by atoms with Gasteiger partial charge < -0.3 is 9.72 Å². The van der Waals surface area contributed by atoms with Gasteiger partial charge in [0.05, 0.1) is 15.9 Å². The van der Waals surface area contributed by atoms with Gasteiger partial charge in [0.1, 0.15) is 17.3 Å². The molecule has 8 nitrogen and oxygen atoms in total. The number of aromatic nitrogens is 2. The lowest BCUT2D eigenvalue weighted by atomic mass is 9.98. The second kappa shape index (κ2) is 8.52. The van der Waals surface area contributed by atoms with Crippen molar-refractivity contribution >= 4 is 33.2 Å². The van der Waals surface area contributed by atoms with Crippen LogP contribution in [0, 0.1) is 23.0 Å². The number of aryl methyl sites for hydroxylation is 1. The monoisotopic (exact) mass is 415 g/mol. The Balaban J connectivity index is 1.78. The standard InChI is InChI=1S/C20H21N3O5S/c1-4-11(2)9-15-12(3)29-19-17(15)18(24)21-16(22-19)10-28-20(25)13-5-7-14(8-6-13)23(26)27/h5-8,11H,4,9-10H2,1-3H3,(H,21,22,24)/t11-/m0/s1. The number of carbonyl (C=O) groups is 1. The number of fused-ring (bicyclic) bond motifs is 1. The smallest absolute Gasteiger partial charge is 0.338 e. The molecule has 0 fully saturated rings.